The lowest BCUT2D eigenvalue weighted by molar-refractivity contribution is -0.113. The molecule has 0 unspecified atom stereocenters. The molecular formula is C22H21BrCl3N5O2S. The lowest BCUT2D eigenvalue weighted by atomic mass is 10.0. The predicted molar refractivity (Wildman–Crippen MR) is 141 cm³/mol. The zero-order valence-corrected chi connectivity index (χ0v) is 23.1. The van der Waals surface area contributed by atoms with E-state index in [2.05, 4.69) is 36.8 Å². The van der Waals surface area contributed by atoms with E-state index in [1.807, 2.05) is 13.8 Å². The number of nitrogens with one attached hydrogen (secondary N) is 2. The highest BCUT2D eigenvalue weighted by Gasteiger charge is 2.26. The number of aromatic nitrogens is 3. The average molecular weight is 606 g/mol. The highest BCUT2D eigenvalue weighted by atomic mass is 79.9. The Morgan fingerprint density at radius 3 is 2.47 bits per heavy atom. The van der Waals surface area contributed by atoms with Gasteiger partial charge in [0.1, 0.15) is 0 Å². The van der Waals surface area contributed by atoms with Crippen molar-refractivity contribution in [2.45, 2.75) is 25.0 Å². The maximum Gasteiger partial charge on any atom is 0.253 e. The third-order valence-corrected chi connectivity index (χ3v) is 7.61. The Morgan fingerprint density at radius 1 is 1.09 bits per heavy atom. The van der Waals surface area contributed by atoms with E-state index in [0.29, 0.717) is 32.3 Å². The molecule has 180 valence electrons. The molecule has 2 N–H and O–H groups in total. The fourth-order valence-corrected chi connectivity index (χ4v) is 4.69. The molecular weight excluding hydrogens is 585 g/mol. The second-order valence-electron chi connectivity index (χ2n) is 7.68. The molecule has 1 atom stereocenters. The van der Waals surface area contributed by atoms with Crippen molar-refractivity contribution < 1.29 is 9.59 Å². The van der Waals surface area contributed by atoms with Gasteiger partial charge in [0.2, 0.25) is 5.91 Å². The molecule has 2 aromatic carbocycles. The van der Waals surface area contributed by atoms with E-state index < -0.39 is 6.04 Å². The van der Waals surface area contributed by atoms with Crippen LogP contribution in [0.25, 0.3) is 0 Å². The van der Waals surface area contributed by atoms with Crippen molar-refractivity contribution in [2.24, 2.45) is 13.0 Å². The fourth-order valence-electron chi connectivity index (χ4n) is 3.05. The number of carbonyl (C=O) groups is 2. The van der Waals surface area contributed by atoms with E-state index >= 15 is 0 Å². The number of anilines is 1. The van der Waals surface area contributed by atoms with Crippen LogP contribution in [-0.2, 0) is 11.8 Å². The molecule has 0 saturated carbocycles. The van der Waals surface area contributed by atoms with Gasteiger partial charge >= 0.3 is 0 Å². The van der Waals surface area contributed by atoms with Gasteiger partial charge in [-0.2, -0.15) is 0 Å². The first kappa shape index (κ1) is 26.8. The number of rotatable bonds is 8. The first-order valence-corrected chi connectivity index (χ1v) is 13.0. The molecule has 12 heteroatoms. The molecule has 2 amide bonds. The molecule has 1 aromatic heterocycles. The topological polar surface area (TPSA) is 88.9 Å². The van der Waals surface area contributed by atoms with Crippen LogP contribution in [0.1, 0.15) is 36.1 Å². The summed E-state index contributed by atoms with van der Waals surface area (Å²) in [7, 11) is 1.79. The summed E-state index contributed by atoms with van der Waals surface area (Å²) in [4.78, 5) is 25.2. The van der Waals surface area contributed by atoms with Gasteiger partial charge in [0.05, 0.1) is 27.4 Å². The summed E-state index contributed by atoms with van der Waals surface area (Å²) in [6, 6.07) is 9.46. The maximum absolute atomic E-state index is 12.9. The number of thioether (sulfide) groups is 1. The third-order valence-electron chi connectivity index (χ3n) is 4.81. The standard InChI is InChI=1S/C22H21BrCl3N5O2S/c1-11(2)19(28-21(33)14-6-4-12(24)8-16(14)25)20-29-30-22(31(20)3)34-10-18(32)27-13-5-7-15(23)17(26)9-13/h4-9,11,19H,10H2,1-3H3,(H,27,32)(H,28,33)/t19-/m1/s1. The van der Waals surface area contributed by atoms with E-state index in [9.17, 15) is 9.59 Å². The SMILES string of the molecule is CC(C)[C@@H](NC(=O)c1ccc(Cl)cc1Cl)c1nnc(SCC(=O)Nc2ccc(Br)c(Cl)c2)n1C. The number of hydrogen-bond donors (Lipinski definition) is 2. The van der Waals surface area contributed by atoms with Gasteiger partial charge in [-0.15, -0.1) is 10.2 Å². The summed E-state index contributed by atoms with van der Waals surface area (Å²) in [5.41, 5.74) is 0.916. The Kier molecular flexibility index (Phi) is 9.28. The minimum absolute atomic E-state index is 0.0150. The second kappa shape index (κ2) is 11.8. The van der Waals surface area contributed by atoms with Crippen LogP contribution in [0, 0.1) is 5.92 Å². The van der Waals surface area contributed by atoms with Crippen LogP contribution in [0.3, 0.4) is 0 Å². The van der Waals surface area contributed by atoms with Crippen molar-refractivity contribution in [3.8, 4) is 0 Å². The minimum atomic E-state index is -0.426. The van der Waals surface area contributed by atoms with Crippen LogP contribution in [0.4, 0.5) is 5.69 Å². The molecule has 1 heterocycles. The van der Waals surface area contributed by atoms with Crippen molar-refractivity contribution in [3.63, 3.8) is 0 Å². The number of benzene rings is 2. The molecule has 0 radical (unpaired) electrons. The van der Waals surface area contributed by atoms with E-state index in [-0.39, 0.29) is 28.5 Å². The second-order valence-corrected chi connectivity index (χ2v) is 10.7. The summed E-state index contributed by atoms with van der Waals surface area (Å²) in [5.74, 6) is 0.153. The third kappa shape index (κ3) is 6.66. The van der Waals surface area contributed by atoms with Crippen molar-refractivity contribution in [2.75, 3.05) is 11.1 Å². The fraction of sp³-hybridized carbons (Fsp3) is 0.273. The average Bonchev–Trinajstić information content (AvgIpc) is 3.12. The summed E-state index contributed by atoms with van der Waals surface area (Å²) in [5, 5.41) is 16.0. The van der Waals surface area contributed by atoms with Crippen molar-refractivity contribution in [1.82, 2.24) is 20.1 Å². The smallest absolute Gasteiger partial charge is 0.253 e. The molecule has 0 saturated heterocycles. The molecule has 0 aliphatic carbocycles. The Hall–Kier alpha value is -1.78. The molecule has 3 aromatic rings. The van der Waals surface area contributed by atoms with Crippen molar-refractivity contribution in [1.29, 1.82) is 0 Å². The predicted octanol–water partition coefficient (Wildman–Crippen LogP) is 6.40. The molecule has 7 nitrogen and oxygen atoms in total. The summed E-state index contributed by atoms with van der Waals surface area (Å²) < 4.78 is 2.52. The first-order chi connectivity index (χ1) is 16.1. The lowest BCUT2D eigenvalue weighted by Gasteiger charge is -2.22. The van der Waals surface area contributed by atoms with Crippen LogP contribution < -0.4 is 10.6 Å². The summed E-state index contributed by atoms with van der Waals surface area (Å²) in [6.07, 6.45) is 0. The minimum Gasteiger partial charge on any atom is -0.342 e. The van der Waals surface area contributed by atoms with Gasteiger partial charge in [-0.25, -0.2) is 0 Å². The highest BCUT2D eigenvalue weighted by molar-refractivity contribution is 9.10. The highest BCUT2D eigenvalue weighted by Crippen LogP contribution is 2.28. The van der Waals surface area contributed by atoms with Gasteiger partial charge < -0.3 is 15.2 Å². The van der Waals surface area contributed by atoms with E-state index in [0.717, 1.165) is 4.47 Å². The largest absolute Gasteiger partial charge is 0.342 e. The van der Waals surface area contributed by atoms with Gasteiger partial charge in [-0.3, -0.25) is 9.59 Å². The molecule has 3 rings (SSSR count). The molecule has 0 bridgehead atoms. The number of hydrogen-bond acceptors (Lipinski definition) is 5. The Labute approximate surface area is 225 Å². The Morgan fingerprint density at radius 2 is 1.82 bits per heavy atom. The number of halogens is 4. The van der Waals surface area contributed by atoms with Crippen molar-refractivity contribution >= 4 is 80.0 Å². The van der Waals surface area contributed by atoms with Gasteiger partial charge in [-0.05, 0) is 58.2 Å². The lowest BCUT2D eigenvalue weighted by Crippen LogP contribution is -2.33. The van der Waals surface area contributed by atoms with Gasteiger partial charge in [0, 0.05) is 22.2 Å². The zero-order valence-electron chi connectivity index (χ0n) is 18.4. The van der Waals surface area contributed by atoms with Gasteiger partial charge in [-0.1, -0.05) is 60.4 Å². The summed E-state index contributed by atoms with van der Waals surface area (Å²) in [6.45, 7) is 3.93. The molecule has 0 aliphatic heterocycles. The number of nitrogens with zero attached hydrogens (tertiary/aromatic N) is 3. The van der Waals surface area contributed by atoms with Crippen LogP contribution >= 0.6 is 62.5 Å². The quantitative estimate of drug-likeness (QED) is 0.290. The van der Waals surface area contributed by atoms with E-state index in [4.69, 9.17) is 34.8 Å². The zero-order chi connectivity index (χ0) is 25.0. The molecule has 0 fully saturated rings. The maximum atomic E-state index is 12.9. The summed E-state index contributed by atoms with van der Waals surface area (Å²) >= 11 is 22.7. The number of amides is 2. The monoisotopic (exact) mass is 603 g/mol. The van der Waals surface area contributed by atoms with E-state index in [1.165, 1.54) is 17.8 Å². The first-order valence-electron chi connectivity index (χ1n) is 10.1. The number of carbonyl (C=O) groups excluding carboxylic acids is 2. The normalized spacial score (nSPS) is 12.0. The van der Waals surface area contributed by atoms with Crippen molar-refractivity contribution in [3.05, 3.63) is 67.3 Å². The van der Waals surface area contributed by atoms with Gasteiger partial charge in [0.15, 0.2) is 11.0 Å². The van der Waals surface area contributed by atoms with Crippen LogP contribution in [0.15, 0.2) is 46.0 Å². The van der Waals surface area contributed by atoms with Crippen LogP contribution in [-0.4, -0.2) is 32.3 Å². The molecule has 34 heavy (non-hydrogen) atoms. The van der Waals surface area contributed by atoms with Gasteiger partial charge in [0.25, 0.3) is 5.91 Å². The Balaban J connectivity index is 1.68. The van der Waals surface area contributed by atoms with Crippen LogP contribution in [0.5, 0.6) is 0 Å². The van der Waals surface area contributed by atoms with E-state index in [1.54, 1.807) is 41.9 Å². The Bertz CT molecular complexity index is 1220. The molecule has 0 aliphatic rings. The van der Waals surface area contributed by atoms with Crippen LogP contribution in [0.2, 0.25) is 15.1 Å². The molecule has 0 spiro atoms.